The Morgan fingerprint density at radius 3 is 2.56 bits per heavy atom. The van der Waals surface area contributed by atoms with Crippen molar-refractivity contribution in [1.82, 2.24) is 24.5 Å². The van der Waals surface area contributed by atoms with Crippen molar-refractivity contribution in [2.45, 2.75) is 64.5 Å². The third-order valence-electron chi connectivity index (χ3n) is 6.89. The number of aryl methyl sites for hydroxylation is 2. The van der Waals surface area contributed by atoms with Crippen LogP contribution in [0.25, 0.3) is 11.2 Å². The van der Waals surface area contributed by atoms with Crippen LogP contribution < -0.4 is 9.47 Å². The molecular weight excluding hydrogens is 454 g/mol. The van der Waals surface area contributed by atoms with Gasteiger partial charge in [-0.15, -0.1) is 0 Å². The van der Waals surface area contributed by atoms with Gasteiger partial charge in [0.05, 0.1) is 31.4 Å². The van der Waals surface area contributed by atoms with Crippen molar-refractivity contribution >= 4 is 17.5 Å². The Kier molecular flexibility index (Phi) is 6.93. The molecule has 1 aliphatic carbocycles. The van der Waals surface area contributed by atoms with Gasteiger partial charge in [-0.05, 0) is 74.9 Å². The fraction of sp³-hybridized carbons (Fsp3) is 0.393. The number of hydrogen-bond acceptors (Lipinski definition) is 7. The summed E-state index contributed by atoms with van der Waals surface area (Å²) in [5.41, 5.74) is 4.35. The topological polar surface area (TPSA) is 92.0 Å². The molecular formula is C28H31N5O3. The Hall–Kier alpha value is -3.81. The molecule has 0 amide bonds. The lowest BCUT2D eigenvalue weighted by Gasteiger charge is -2.17. The molecule has 0 N–H and O–H groups in total. The number of hydrogen-bond donors (Lipinski definition) is 0. The number of benzene rings is 1. The first kappa shape index (κ1) is 23.9. The second kappa shape index (κ2) is 10.4. The van der Waals surface area contributed by atoms with E-state index in [0.717, 1.165) is 64.4 Å². The van der Waals surface area contributed by atoms with Crippen LogP contribution in [0, 0.1) is 13.8 Å². The van der Waals surface area contributed by atoms with Crippen molar-refractivity contribution in [3.8, 4) is 11.5 Å². The van der Waals surface area contributed by atoms with Gasteiger partial charge in [0, 0.05) is 18.8 Å². The highest BCUT2D eigenvalue weighted by Crippen LogP contribution is 2.33. The summed E-state index contributed by atoms with van der Waals surface area (Å²) in [5.74, 6) is 2.74. The van der Waals surface area contributed by atoms with E-state index in [1.165, 1.54) is 12.8 Å². The lowest BCUT2D eigenvalue weighted by atomic mass is 9.96. The highest BCUT2D eigenvalue weighted by atomic mass is 16.5. The first-order chi connectivity index (χ1) is 17.6. The van der Waals surface area contributed by atoms with Crippen LogP contribution in [0.1, 0.15) is 66.5 Å². The van der Waals surface area contributed by atoms with Crippen LogP contribution in [0.3, 0.4) is 0 Å². The van der Waals surface area contributed by atoms with E-state index >= 15 is 0 Å². The standard InChI is InChI=1S/C28H31N5O3/c1-18-26-28(32-27(30-18)23(12-15-34)21-10-13-29-14-11-21)33(19(2)31-26)17-20-8-9-24(35-3)25(16-20)36-22-6-4-5-7-22/h8-11,13-16,22-23H,4-7,12,17H2,1-3H3. The van der Waals surface area contributed by atoms with Crippen molar-refractivity contribution < 1.29 is 14.3 Å². The first-order valence-corrected chi connectivity index (χ1v) is 12.5. The third kappa shape index (κ3) is 4.80. The lowest BCUT2D eigenvalue weighted by Crippen LogP contribution is -2.12. The number of methoxy groups -OCH3 is 1. The summed E-state index contributed by atoms with van der Waals surface area (Å²) >= 11 is 0. The number of carbonyl (C=O) groups is 1. The van der Waals surface area contributed by atoms with Crippen LogP contribution in [-0.4, -0.2) is 44.0 Å². The Morgan fingerprint density at radius 2 is 1.83 bits per heavy atom. The molecule has 36 heavy (non-hydrogen) atoms. The number of rotatable bonds is 9. The molecule has 0 bridgehead atoms. The molecule has 3 aromatic heterocycles. The number of pyridine rings is 1. The van der Waals surface area contributed by atoms with Gasteiger partial charge in [0.15, 0.2) is 17.1 Å². The highest BCUT2D eigenvalue weighted by Gasteiger charge is 2.22. The van der Waals surface area contributed by atoms with Gasteiger partial charge in [-0.25, -0.2) is 15.0 Å². The zero-order valence-corrected chi connectivity index (χ0v) is 21.0. The molecule has 1 saturated carbocycles. The molecule has 1 unspecified atom stereocenters. The minimum absolute atomic E-state index is 0.242. The molecule has 4 aromatic rings. The maximum atomic E-state index is 11.5. The number of imidazole rings is 1. The summed E-state index contributed by atoms with van der Waals surface area (Å²) in [6, 6.07) is 9.88. The Morgan fingerprint density at radius 1 is 1.06 bits per heavy atom. The minimum atomic E-state index is -0.246. The van der Waals surface area contributed by atoms with E-state index in [0.29, 0.717) is 18.8 Å². The van der Waals surface area contributed by atoms with Gasteiger partial charge in [0.1, 0.15) is 23.5 Å². The van der Waals surface area contributed by atoms with E-state index in [4.69, 9.17) is 24.4 Å². The van der Waals surface area contributed by atoms with E-state index in [2.05, 4.69) is 15.6 Å². The molecule has 0 radical (unpaired) electrons. The molecule has 0 spiro atoms. The smallest absolute Gasteiger partial charge is 0.164 e. The van der Waals surface area contributed by atoms with Crippen LogP contribution in [0.2, 0.25) is 0 Å². The molecule has 8 nitrogen and oxygen atoms in total. The Balaban J connectivity index is 1.52. The Bertz CT molecular complexity index is 1360. The second-order valence-electron chi connectivity index (χ2n) is 9.33. The third-order valence-corrected chi connectivity index (χ3v) is 6.89. The van der Waals surface area contributed by atoms with E-state index in [1.807, 2.05) is 38.1 Å². The minimum Gasteiger partial charge on any atom is -0.493 e. The lowest BCUT2D eigenvalue weighted by molar-refractivity contribution is -0.108. The average molecular weight is 486 g/mol. The fourth-order valence-electron chi connectivity index (χ4n) is 4.98. The van der Waals surface area contributed by atoms with Gasteiger partial charge in [0.2, 0.25) is 0 Å². The maximum absolute atomic E-state index is 11.5. The number of aldehydes is 1. The molecule has 5 rings (SSSR count). The Labute approximate surface area is 210 Å². The van der Waals surface area contributed by atoms with Crippen molar-refractivity contribution in [2.75, 3.05) is 7.11 Å². The number of ether oxygens (including phenoxy) is 2. The van der Waals surface area contributed by atoms with Gasteiger partial charge in [0.25, 0.3) is 0 Å². The molecule has 0 aliphatic heterocycles. The molecule has 3 heterocycles. The number of nitrogens with zero attached hydrogens (tertiary/aromatic N) is 5. The molecule has 8 heteroatoms. The van der Waals surface area contributed by atoms with E-state index in [9.17, 15) is 4.79 Å². The molecule has 0 saturated heterocycles. The van der Waals surface area contributed by atoms with Gasteiger partial charge in [-0.1, -0.05) is 6.07 Å². The summed E-state index contributed by atoms with van der Waals surface area (Å²) in [5, 5.41) is 0. The predicted molar refractivity (Wildman–Crippen MR) is 137 cm³/mol. The SMILES string of the molecule is COc1ccc(Cn2c(C)nc3c(C)nc(C(CC=O)c4ccncc4)nc32)cc1OC1CCCC1. The molecule has 186 valence electrons. The number of fused-ring (bicyclic) bond motifs is 1. The van der Waals surface area contributed by atoms with Crippen molar-refractivity contribution in [1.29, 1.82) is 0 Å². The maximum Gasteiger partial charge on any atom is 0.164 e. The van der Waals surface area contributed by atoms with Gasteiger partial charge < -0.3 is 18.8 Å². The van der Waals surface area contributed by atoms with Gasteiger partial charge in [-0.2, -0.15) is 0 Å². The summed E-state index contributed by atoms with van der Waals surface area (Å²) < 4.78 is 14.0. The fourth-order valence-corrected chi connectivity index (χ4v) is 4.98. The van der Waals surface area contributed by atoms with Crippen LogP contribution in [0.15, 0.2) is 42.7 Å². The van der Waals surface area contributed by atoms with Gasteiger partial charge >= 0.3 is 0 Å². The molecule has 1 aliphatic rings. The number of aromatic nitrogens is 5. The largest absolute Gasteiger partial charge is 0.493 e. The summed E-state index contributed by atoms with van der Waals surface area (Å²) in [7, 11) is 1.67. The monoisotopic (exact) mass is 485 g/mol. The normalized spacial score (nSPS) is 14.8. The van der Waals surface area contributed by atoms with E-state index in [1.54, 1.807) is 19.5 Å². The zero-order valence-electron chi connectivity index (χ0n) is 21.0. The predicted octanol–water partition coefficient (Wildman–Crippen LogP) is 4.94. The second-order valence-corrected chi connectivity index (χ2v) is 9.33. The molecule has 1 aromatic carbocycles. The van der Waals surface area contributed by atoms with Crippen LogP contribution >= 0.6 is 0 Å². The van der Waals surface area contributed by atoms with E-state index in [-0.39, 0.29) is 12.0 Å². The van der Waals surface area contributed by atoms with Crippen LogP contribution in [0.4, 0.5) is 0 Å². The molecule has 1 fully saturated rings. The van der Waals surface area contributed by atoms with Crippen LogP contribution in [0.5, 0.6) is 11.5 Å². The van der Waals surface area contributed by atoms with Crippen molar-refractivity contribution in [3.63, 3.8) is 0 Å². The molecule has 1 atom stereocenters. The van der Waals surface area contributed by atoms with E-state index < -0.39 is 0 Å². The summed E-state index contributed by atoms with van der Waals surface area (Å²) in [4.78, 5) is 30.1. The average Bonchev–Trinajstić information content (AvgIpc) is 3.51. The first-order valence-electron chi connectivity index (χ1n) is 12.5. The zero-order chi connectivity index (χ0) is 25.1. The van der Waals surface area contributed by atoms with Crippen LogP contribution in [-0.2, 0) is 11.3 Å². The van der Waals surface area contributed by atoms with Crippen molar-refractivity contribution in [3.05, 3.63) is 71.2 Å². The highest BCUT2D eigenvalue weighted by molar-refractivity contribution is 5.74. The van der Waals surface area contributed by atoms with Crippen molar-refractivity contribution in [2.24, 2.45) is 0 Å². The number of carbonyl (C=O) groups excluding carboxylic acids is 1. The summed E-state index contributed by atoms with van der Waals surface area (Å²) in [6.07, 6.45) is 9.48. The summed E-state index contributed by atoms with van der Waals surface area (Å²) in [6.45, 7) is 4.50. The van der Waals surface area contributed by atoms with Gasteiger partial charge in [-0.3, -0.25) is 4.98 Å². The quantitative estimate of drug-likeness (QED) is 0.310.